The van der Waals surface area contributed by atoms with Crippen molar-refractivity contribution in [2.24, 2.45) is 5.92 Å². The van der Waals surface area contributed by atoms with Crippen molar-refractivity contribution < 1.29 is 0 Å². The average molecular weight is 239 g/mol. The van der Waals surface area contributed by atoms with Gasteiger partial charge in [0, 0.05) is 12.0 Å². The molecule has 16 heavy (non-hydrogen) atoms. The summed E-state index contributed by atoms with van der Waals surface area (Å²) in [4.78, 5) is 1.31. The van der Waals surface area contributed by atoms with Crippen molar-refractivity contribution in [2.75, 3.05) is 7.05 Å². The summed E-state index contributed by atoms with van der Waals surface area (Å²) in [6.07, 6.45) is 10.8. The molecule has 0 heterocycles. The van der Waals surface area contributed by atoms with E-state index in [0.717, 1.165) is 0 Å². The van der Waals surface area contributed by atoms with Crippen LogP contribution in [-0.4, -0.2) is 13.1 Å². The van der Waals surface area contributed by atoms with E-state index >= 15 is 0 Å². The van der Waals surface area contributed by atoms with Gasteiger partial charge >= 0.3 is 0 Å². The fraction of sp³-hybridized carbons (Fsp3) is 0.714. The summed E-state index contributed by atoms with van der Waals surface area (Å²) in [7, 11) is 2.04. The molecular formula is C14H25NS. The minimum atomic E-state index is 0.519. The Hall–Kier alpha value is -0.210. The molecule has 1 N–H and O–H groups in total. The molecule has 0 saturated carbocycles. The summed E-state index contributed by atoms with van der Waals surface area (Å²) in [6.45, 7) is 4.35. The second-order valence-electron chi connectivity index (χ2n) is 4.69. The molecule has 1 rings (SSSR count). The molecule has 0 spiro atoms. The van der Waals surface area contributed by atoms with Crippen LogP contribution in [0, 0.1) is 5.92 Å². The molecule has 0 aliphatic heterocycles. The van der Waals surface area contributed by atoms with E-state index in [1.54, 1.807) is 0 Å². The van der Waals surface area contributed by atoms with E-state index in [1.165, 1.54) is 42.6 Å². The third kappa shape index (κ3) is 3.67. The fourth-order valence-electron chi connectivity index (χ4n) is 2.42. The first-order valence-corrected chi connectivity index (χ1v) is 6.87. The van der Waals surface area contributed by atoms with E-state index in [0.29, 0.717) is 12.0 Å². The minimum absolute atomic E-state index is 0.519. The summed E-state index contributed by atoms with van der Waals surface area (Å²) in [5, 5.41) is 3.37. The quantitative estimate of drug-likeness (QED) is 0.711. The van der Waals surface area contributed by atoms with Gasteiger partial charge in [0.25, 0.3) is 0 Å². The number of hydrogen-bond acceptors (Lipinski definition) is 2. The normalized spacial score (nSPS) is 30.1. The largest absolute Gasteiger partial charge is 0.317 e. The van der Waals surface area contributed by atoms with E-state index < -0.39 is 0 Å². The maximum absolute atomic E-state index is 4.78. The highest BCUT2D eigenvalue weighted by atomic mass is 32.1. The van der Waals surface area contributed by atoms with E-state index in [1.807, 2.05) is 7.05 Å². The zero-order chi connectivity index (χ0) is 12.0. The van der Waals surface area contributed by atoms with Crippen molar-refractivity contribution in [1.29, 1.82) is 0 Å². The van der Waals surface area contributed by atoms with Crippen LogP contribution in [0.5, 0.6) is 0 Å². The Morgan fingerprint density at radius 1 is 1.38 bits per heavy atom. The molecule has 1 nitrogen and oxygen atoms in total. The maximum Gasteiger partial charge on any atom is 0.0109 e. The second-order valence-corrected chi connectivity index (χ2v) is 5.18. The molecule has 0 aromatic heterocycles. The van der Waals surface area contributed by atoms with E-state index in [4.69, 9.17) is 12.6 Å². The van der Waals surface area contributed by atoms with Gasteiger partial charge in [0.05, 0.1) is 0 Å². The third-order valence-electron chi connectivity index (χ3n) is 3.57. The van der Waals surface area contributed by atoms with Gasteiger partial charge in [-0.05, 0) is 50.6 Å². The number of nitrogens with one attached hydrogen (secondary N) is 1. The van der Waals surface area contributed by atoms with Crippen LogP contribution < -0.4 is 5.32 Å². The van der Waals surface area contributed by atoms with Crippen LogP contribution in [-0.2, 0) is 0 Å². The SMILES string of the molecule is C/C=C\C1=C(/S)[C@H]([C@H](C)NC)CCCCC1. The van der Waals surface area contributed by atoms with Crippen LogP contribution in [0.25, 0.3) is 0 Å². The number of thiol groups is 1. The van der Waals surface area contributed by atoms with E-state index in [2.05, 4.69) is 31.3 Å². The number of rotatable bonds is 3. The number of hydrogen-bond donors (Lipinski definition) is 2. The smallest absolute Gasteiger partial charge is 0.0109 e. The Bertz CT molecular complexity index is 268. The molecule has 2 atom stereocenters. The number of allylic oxidation sites excluding steroid dienone is 3. The van der Waals surface area contributed by atoms with Gasteiger partial charge in [-0.3, -0.25) is 0 Å². The Morgan fingerprint density at radius 2 is 2.12 bits per heavy atom. The van der Waals surface area contributed by atoms with Gasteiger partial charge < -0.3 is 5.32 Å². The summed E-state index contributed by atoms with van der Waals surface area (Å²) >= 11 is 4.78. The van der Waals surface area contributed by atoms with Crippen LogP contribution >= 0.6 is 12.6 Å². The first-order chi connectivity index (χ1) is 7.70. The second kappa shape index (κ2) is 7.18. The Labute approximate surface area is 106 Å². The first-order valence-electron chi connectivity index (χ1n) is 6.42. The van der Waals surface area contributed by atoms with Crippen molar-refractivity contribution in [3.8, 4) is 0 Å². The minimum Gasteiger partial charge on any atom is -0.317 e. The lowest BCUT2D eigenvalue weighted by atomic mass is 9.87. The predicted molar refractivity (Wildman–Crippen MR) is 75.9 cm³/mol. The van der Waals surface area contributed by atoms with Gasteiger partial charge in [-0.15, -0.1) is 12.6 Å². The Balaban J connectivity index is 2.93. The molecule has 0 aromatic rings. The standard InChI is InChI=1S/C14H25NS/c1-4-8-12-9-6-5-7-10-13(14(12)16)11(2)15-3/h4,8,11,13,15-16H,5-7,9-10H2,1-3H3/b8-4-,14-12+/t11-,13-/m0/s1. The topological polar surface area (TPSA) is 12.0 Å². The monoisotopic (exact) mass is 239 g/mol. The van der Waals surface area contributed by atoms with E-state index in [9.17, 15) is 0 Å². The highest BCUT2D eigenvalue weighted by Gasteiger charge is 2.21. The van der Waals surface area contributed by atoms with Crippen molar-refractivity contribution in [3.05, 3.63) is 22.6 Å². The molecule has 0 radical (unpaired) electrons. The molecule has 0 amide bonds. The molecule has 0 aromatic carbocycles. The lowest BCUT2D eigenvalue weighted by molar-refractivity contribution is 0.408. The third-order valence-corrected chi connectivity index (χ3v) is 4.19. The van der Waals surface area contributed by atoms with Gasteiger partial charge in [0.15, 0.2) is 0 Å². The van der Waals surface area contributed by atoms with Crippen molar-refractivity contribution in [3.63, 3.8) is 0 Å². The molecular weight excluding hydrogens is 214 g/mol. The van der Waals surface area contributed by atoms with Gasteiger partial charge in [-0.2, -0.15) is 0 Å². The lowest BCUT2D eigenvalue weighted by Gasteiger charge is -2.27. The summed E-state index contributed by atoms with van der Waals surface area (Å²) in [5.41, 5.74) is 1.44. The van der Waals surface area contributed by atoms with Crippen LogP contribution in [0.15, 0.2) is 22.6 Å². The van der Waals surface area contributed by atoms with Gasteiger partial charge in [-0.1, -0.05) is 25.0 Å². The Kier molecular flexibility index (Phi) is 6.22. The lowest BCUT2D eigenvalue weighted by Crippen LogP contribution is -2.31. The maximum atomic E-state index is 4.78. The molecule has 1 aliphatic rings. The van der Waals surface area contributed by atoms with Crippen LogP contribution in [0.4, 0.5) is 0 Å². The van der Waals surface area contributed by atoms with Crippen molar-refractivity contribution >= 4 is 12.6 Å². The highest BCUT2D eigenvalue weighted by molar-refractivity contribution is 7.84. The molecule has 2 heteroatoms. The predicted octanol–water partition coefficient (Wildman–Crippen LogP) is 3.93. The average Bonchev–Trinajstić information content (AvgIpc) is 2.28. The van der Waals surface area contributed by atoms with Crippen molar-refractivity contribution in [2.45, 2.75) is 52.0 Å². The summed E-state index contributed by atoms with van der Waals surface area (Å²) in [6, 6.07) is 0.519. The molecule has 0 unspecified atom stereocenters. The summed E-state index contributed by atoms with van der Waals surface area (Å²) < 4.78 is 0. The van der Waals surface area contributed by atoms with Crippen LogP contribution in [0.3, 0.4) is 0 Å². The fourth-order valence-corrected chi connectivity index (χ4v) is 2.96. The molecule has 0 saturated heterocycles. The Morgan fingerprint density at radius 3 is 2.75 bits per heavy atom. The van der Waals surface area contributed by atoms with E-state index in [-0.39, 0.29) is 0 Å². The molecule has 92 valence electrons. The molecule has 0 bridgehead atoms. The van der Waals surface area contributed by atoms with Gasteiger partial charge in [-0.25, -0.2) is 0 Å². The van der Waals surface area contributed by atoms with Gasteiger partial charge in [0.2, 0.25) is 0 Å². The first kappa shape index (κ1) is 13.9. The molecule has 0 fully saturated rings. The summed E-state index contributed by atoms with van der Waals surface area (Å²) in [5.74, 6) is 0.583. The van der Waals surface area contributed by atoms with Crippen molar-refractivity contribution in [1.82, 2.24) is 5.32 Å². The van der Waals surface area contributed by atoms with Crippen LogP contribution in [0.2, 0.25) is 0 Å². The van der Waals surface area contributed by atoms with Crippen LogP contribution in [0.1, 0.15) is 46.0 Å². The molecule has 1 aliphatic carbocycles. The highest BCUT2D eigenvalue weighted by Crippen LogP contribution is 2.33. The van der Waals surface area contributed by atoms with Gasteiger partial charge in [0.1, 0.15) is 0 Å². The zero-order valence-electron chi connectivity index (χ0n) is 10.8. The zero-order valence-corrected chi connectivity index (χ0v) is 11.7.